The Morgan fingerprint density at radius 3 is 2.36 bits per heavy atom. The Hall–Kier alpha value is -3.07. The van der Waals surface area contributed by atoms with E-state index in [1.54, 1.807) is 34.1 Å². The first-order valence-electron chi connectivity index (χ1n) is 11.2. The lowest BCUT2D eigenvalue weighted by Crippen LogP contribution is -2.38. The number of carbonyl (C=O) groups excluding carboxylic acids is 2. The number of nitrogens with one attached hydrogen (secondary N) is 1. The number of benzene rings is 2. The number of anilines is 2. The summed E-state index contributed by atoms with van der Waals surface area (Å²) in [5, 5.41) is 0. The fourth-order valence-electron chi connectivity index (χ4n) is 4.25. The molecule has 0 bridgehead atoms. The van der Waals surface area contributed by atoms with Crippen LogP contribution in [0.1, 0.15) is 43.0 Å². The SMILES string of the molecule is COc1ccc(S(=O)(=O)Nc2ccc(N3CCCC3=O)cc2)cc1C(=O)N1CCC(C)CC1. The summed E-state index contributed by atoms with van der Waals surface area (Å²) in [6, 6.07) is 11.0. The molecule has 2 heterocycles. The number of hydrogen-bond acceptors (Lipinski definition) is 5. The fraction of sp³-hybridized carbons (Fsp3) is 0.417. The van der Waals surface area contributed by atoms with Gasteiger partial charge in [-0.2, -0.15) is 0 Å². The molecule has 1 N–H and O–H groups in total. The second-order valence-electron chi connectivity index (χ2n) is 8.64. The Balaban J connectivity index is 1.54. The molecule has 0 spiro atoms. The van der Waals surface area contributed by atoms with E-state index in [9.17, 15) is 18.0 Å². The van der Waals surface area contributed by atoms with Crippen LogP contribution in [-0.4, -0.2) is 51.9 Å². The summed E-state index contributed by atoms with van der Waals surface area (Å²) in [7, 11) is -2.47. The van der Waals surface area contributed by atoms with Gasteiger partial charge >= 0.3 is 0 Å². The molecule has 2 aliphatic heterocycles. The van der Waals surface area contributed by atoms with Crippen molar-refractivity contribution in [2.75, 3.05) is 36.4 Å². The first-order valence-corrected chi connectivity index (χ1v) is 12.7. The molecular formula is C24H29N3O5S. The average molecular weight is 472 g/mol. The minimum atomic E-state index is -3.93. The van der Waals surface area contributed by atoms with Gasteiger partial charge in [0.2, 0.25) is 5.91 Å². The number of methoxy groups -OCH3 is 1. The minimum absolute atomic E-state index is 0.0178. The van der Waals surface area contributed by atoms with Gasteiger partial charge in [0.1, 0.15) is 5.75 Å². The molecule has 2 aliphatic rings. The van der Waals surface area contributed by atoms with Crippen molar-refractivity contribution in [3.63, 3.8) is 0 Å². The standard InChI is InChI=1S/C24H29N3O5S/c1-17-11-14-26(15-12-17)24(29)21-16-20(9-10-22(21)32-2)33(30,31)25-18-5-7-19(8-6-18)27-13-3-4-23(27)28/h5-10,16-17,25H,3-4,11-15H2,1-2H3. The van der Waals surface area contributed by atoms with Gasteiger partial charge in [0.05, 0.1) is 17.6 Å². The van der Waals surface area contributed by atoms with Crippen molar-refractivity contribution in [3.8, 4) is 5.75 Å². The number of sulfonamides is 1. The van der Waals surface area contributed by atoms with Crippen LogP contribution < -0.4 is 14.4 Å². The maximum Gasteiger partial charge on any atom is 0.261 e. The van der Waals surface area contributed by atoms with Crippen molar-refractivity contribution in [1.29, 1.82) is 0 Å². The topological polar surface area (TPSA) is 96.0 Å². The molecule has 176 valence electrons. The third-order valence-corrected chi connectivity index (χ3v) is 7.67. The highest BCUT2D eigenvalue weighted by Crippen LogP contribution is 2.28. The molecule has 0 atom stereocenters. The molecule has 2 fully saturated rings. The Morgan fingerprint density at radius 1 is 1.06 bits per heavy atom. The maximum absolute atomic E-state index is 13.1. The smallest absolute Gasteiger partial charge is 0.261 e. The van der Waals surface area contributed by atoms with Crippen LogP contribution >= 0.6 is 0 Å². The Kier molecular flexibility index (Phi) is 6.60. The van der Waals surface area contributed by atoms with Crippen molar-refractivity contribution in [2.24, 2.45) is 5.92 Å². The maximum atomic E-state index is 13.1. The molecule has 2 aromatic rings. The van der Waals surface area contributed by atoms with Crippen LogP contribution in [0.4, 0.5) is 11.4 Å². The highest BCUT2D eigenvalue weighted by molar-refractivity contribution is 7.92. The summed E-state index contributed by atoms with van der Waals surface area (Å²) < 4.78 is 34.0. The molecule has 0 aliphatic carbocycles. The van der Waals surface area contributed by atoms with E-state index in [0.29, 0.717) is 43.4 Å². The van der Waals surface area contributed by atoms with Gasteiger partial charge in [-0.25, -0.2) is 8.42 Å². The number of rotatable bonds is 6. The lowest BCUT2D eigenvalue weighted by Gasteiger charge is -2.30. The van der Waals surface area contributed by atoms with Gasteiger partial charge < -0.3 is 14.5 Å². The Bertz CT molecular complexity index is 1140. The largest absolute Gasteiger partial charge is 0.496 e. The van der Waals surface area contributed by atoms with Gasteiger partial charge in [-0.1, -0.05) is 6.92 Å². The number of piperidine rings is 1. The third-order valence-electron chi connectivity index (χ3n) is 6.29. The van der Waals surface area contributed by atoms with Crippen LogP contribution in [-0.2, 0) is 14.8 Å². The van der Waals surface area contributed by atoms with E-state index < -0.39 is 10.0 Å². The number of hydrogen-bond donors (Lipinski definition) is 1. The van der Waals surface area contributed by atoms with Crippen LogP contribution in [0.15, 0.2) is 47.4 Å². The molecule has 0 saturated carbocycles. The number of amides is 2. The van der Waals surface area contributed by atoms with Gasteiger partial charge in [0.15, 0.2) is 0 Å². The van der Waals surface area contributed by atoms with Gasteiger partial charge in [-0.05, 0) is 67.6 Å². The van der Waals surface area contributed by atoms with Crippen LogP contribution in [0, 0.1) is 5.92 Å². The minimum Gasteiger partial charge on any atom is -0.496 e. The zero-order chi connectivity index (χ0) is 23.6. The van der Waals surface area contributed by atoms with E-state index in [1.165, 1.54) is 25.3 Å². The number of likely N-dealkylation sites (tertiary alicyclic amines) is 1. The van der Waals surface area contributed by atoms with Crippen LogP contribution in [0.2, 0.25) is 0 Å². The average Bonchev–Trinajstić information content (AvgIpc) is 3.24. The summed E-state index contributed by atoms with van der Waals surface area (Å²) in [5.74, 6) is 0.761. The first kappa shape index (κ1) is 23.1. The summed E-state index contributed by atoms with van der Waals surface area (Å²) in [6.45, 7) is 4.12. The third kappa shape index (κ3) is 4.98. The lowest BCUT2D eigenvalue weighted by atomic mass is 9.98. The monoisotopic (exact) mass is 471 g/mol. The van der Waals surface area contributed by atoms with E-state index >= 15 is 0 Å². The van der Waals surface area contributed by atoms with Crippen LogP contribution in [0.5, 0.6) is 5.75 Å². The van der Waals surface area contributed by atoms with Gasteiger partial charge in [-0.15, -0.1) is 0 Å². The summed E-state index contributed by atoms with van der Waals surface area (Å²) in [5.41, 5.74) is 1.35. The van der Waals surface area contributed by atoms with Crippen molar-refractivity contribution in [3.05, 3.63) is 48.0 Å². The van der Waals surface area contributed by atoms with Crippen molar-refractivity contribution in [1.82, 2.24) is 4.90 Å². The summed E-state index contributed by atoms with van der Waals surface area (Å²) in [6.07, 6.45) is 3.20. The van der Waals surface area contributed by atoms with E-state index in [4.69, 9.17) is 4.74 Å². The molecule has 9 heteroatoms. The van der Waals surface area contributed by atoms with E-state index in [-0.39, 0.29) is 22.3 Å². The molecule has 0 aromatic heterocycles. The number of carbonyl (C=O) groups is 2. The van der Waals surface area contributed by atoms with Crippen molar-refractivity contribution in [2.45, 2.75) is 37.5 Å². The molecule has 2 amide bonds. The molecule has 8 nitrogen and oxygen atoms in total. The molecular weight excluding hydrogens is 442 g/mol. The van der Waals surface area contributed by atoms with E-state index in [2.05, 4.69) is 11.6 Å². The zero-order valence-electron chi connectivity index (χ0n) is 18.9. The van der Waals surface area contributed by atoms with E-state index in [1.807, 2.05) is 0 Å². The van der Waals surface area contributed by atoms with Crippen LogP contribution in [0.25, 0.3) is 0 Å². The lowest BCUT2D eigenvalue weighted by molar-refractivity contribution is -0.117. The molecule has 33 heavy (non-hydrogen) atoms. The first-order chi connectivity index (χ1) is 15.8. The molecule has 2 aromatic carbocycles. The van der Waals surface area contributed by atoms with Crippen molar-refractivity contribution < 1.29 is 22.7 Å². The Labute approximate surface area is 194 Å². The quantitative estimate of drug-likeness (QED) is 0.696. The highest BCUT2D eigenvalue weighted by atomic mass is 32.2. The van der Waals surface area contributed by atoms with E-state index in [0.717, 1.165) is 24.9 Å². The van der Waals surface area contributed by atoms with Gasteiger partial charge in [-0.3, -0.25) is 14.3 Å². The molecule has 4 rings (SSSR count). The van der Waals surface area contributed by atoms with Crippen LogP contribution in [0.3, 0.4) is 0 Å². The second kappa shape index (κ2) is 9.43. The number of ether oxygens (including phenoxy) is 1. The molecule has 0 unspecified atom stereocenters. The predicted molar refractivity (Wildman–Crippen MR) is 126 cm³/mol. The summed E-state index contributed by atoms with van der Waals surface area (Å²) >= 11 is 0. The summed E-state index contributed by atoms with van der Waals surface area (Å²) in [4.78, 5) is 28.5. The fourth-order valence-corrected chi connectivity index (χ4v) is 5.33. The highest BCUT2D eigenvalue weighted by Gasteiger charge is 2.26. The second-order valence-corrected chi connectivity index (χ2v) is 10.3. The predicted octanol–water partition coefficient (Wildman–Crippen LogP) is 3.49. The Morgan fingerprint density at radius 2 is 1.76 bits per heavy atom. The molecule has 0 radical (unpaired) electrons. The van der Waals surface area contributed by atoms with Crippen molar-refractivity contribution >= 4 is 33.2 Å². The normalized spacial score (nSPS) is 17.3. The van der Waals surface area contributed by atoms with Gasteiger partial charge in [0.25, 0.3) is 15.9 Å². The zero-order valence-corrected chi connectivity index (χ0v) is 19.7. The number of nitrogens with zero attached hydrogens (tertiary/aromatic N) is 2. The molecule has 2 saturated heterocycles. The van der Waals surface area contributed by atoms with Gasteiger partial charge in [0, 0.05) is 37.4 Å².